The van der Waals surface area contributed by atoms with Gasteiger partial charge in [0.15, 0.2) is 5.78 Å². The number of Topliss-reactive ketones (excluding diaryl/α,β-unsaturated/α-hetero) is 1. The molecule has 1 aliphatic heterocycles. The van der Waals surface area contributed by atoms with Gasteiger partial charge in [0.05, 0.1) is 11.9 Å². The highest BCUT2D eigenvalue weighted by Gasteiger charge is 2.24. The average molecular weight is 408 g/mol. The molecule has 0 saturated carbocycles. The van der Waals surface area contributed by atoms with Crippen LogP contribution in [0.4, 0.5) is 8.78 Å². The van der Waals surface area contributed by atoms with Gasteiger partial charge in [-0.3, -0.25) is 15.2 Å². The minimum atomic E-state index is -0.551. The van der Waals surface area contributed by atoms with Crippen molar-refractivity contribution in [1.29, 1.82) is 5.41 Å². The van der Waals surface area contributed by atoms with E-state index in [1.54, 1.807) is 12.1 Å². The minimum absolute atomic E-state index is 0.0894. The summed E-state index contributed by atoms with van der Waals surface area (Å²) in [5.74, 6) is -0.441. The zero-order valence-corrected chi connectivity index (χ0v) is 15.9. The lowest BCUT2D eigenvalue weighted by molar-refractivity contribution is 0.0997. The third kappa shape index (κ3) is 4.91. The SMILES string of the molecule is C=N/C=N\C(=C/CC1=C(c2cccc(F)c2)CC(=O)c2cc(F)ccc2O1)NC=N. The van der Waals surface area contributed by atoms with Gasteiger partial charge < -0.3 is 10.1 Å². The standard InChI is InChI=1S/C22H18F2N4O2/c1-26-13-28-22(27-12-25)8-7-20-17(14-3-2-4-15(23)9-14)11-19(29)18-10-16(24)5-6-21(18)30-20/h2-6,8-10,12-13H,1,7,11H2,(H2,25,27)/b22-8-,28-13-. The van der Waals surface area contributed by atoms with Crippen LogP contribution in [0.1, 0.15) is 28.8 Å². The summed E-state index contributed by atoms with van der Waals surface area (Å²) < 4.78 is 33.5. The molecule has 0 spiro atoms. The molecule has 2 aromatic rings. The topological polar surface area (TPSA) is 86.9 Å². The van der Waals surface area contributed by atoms with E-state index in [2.05, 4.69) is 22.0 Å². The second-order valence-corrected chi connectivity index (χ2v) is 6.26. The van der Waals surface area contributed by atoms with Crippen molar-refractivity contribution in [2.75, 3.05) is 0 Å². The molecule has 1 heterocycles. The fourth-order valence-electron chi connectivity index (χ4n) is 2.98. The zero-order valence-electron chi connectivity index (χ0n) is 15.9. The molecular weight excluding hydrogens is 390 g/mol. The van der Waals surface area contributed by atoms with Crippen molar-refractivity contribution in [2.24, 2.45) is 9.98 Å². The first-order valence-corrected chi connectivity index (χ1v) is 8.94. The van der Waals surface area contributed by atoms with Gasteiger partial charge >= 0.3 is 0 Å². The number of ketones is 1. The third-order valence-electron chi connectivity index (χ3n) is 4.30. The fourth-order valence-corrected chi connectivity index (χ4v) is 2.98. The fraction of sp³-hybridized carbons (Fsp3) is 0.0909. The number of hydrogen-bond acceptors (Lipinski definition) is 4. The van der Waals surface area contributed by atoms with Crippen LogP contribution in [0.3, 0.4) is 0 Å². The lowest BCUT2D eigenvalue weighted by atomic mass is 9.96. The van der Waals surface area contributed by atoms with Crippen molar-refractivity contribution < 1.29 is 18.3 Å². The molecular formula is C22H18F2N4O2. The Bertz CT molecular complexity index is 1090. The summed E-state index contributed by atoms with van der Waals surface area (Å²) in [7, 11) is 0. The van der Waals surface area contributed by atoms with Crippen LogP contribution in [-0.4, -0.2) is 25.2 Å². The number of nitrogens with one attached hydrogen (secondary N) is 2. The van der Waals surface area contributed by atoms with E-state index in [0.717, 1.165) is 12.4 Å². The number of fused-ring (bicyclic) bond motifs is 1. The van der Waals surface area contributed by atoms with Crippen molar-refractivity contribution >= 4 is 30.8 Å². The van der Waals surface area contributed by atoms with Gasteiger partial charge in [0.1, 0.15) is 35.3 Å². The van der Waals surface area contributed by atoms with Gasteiger partial charge in [0, 0.05) is 18.4 Å². The first kappa shape index (κ1) is 20.8. The highest BCUT2D eigenvalue weighted by Crippen LogP contribution is 2.35. The molecule has 0 amide bonds. The Morgan fingerprint density at radius 2 is 2.03 bits per heavy atom. The Morgan fingerprint density at radius 3 is 2.77 bits per heavy atom. The van der Waals surface area contributed by atoms with Crippen LogP contribution in [-0.2, 0) is 0 Å². The molecule has 2 aromatic carbocycles. The van der Waals surface area contributed by atoms with Crippen LogP contribution in [0.25, 0.3) is 5.57 Å². The Balaban J connectivity index is 2.09. The first-order chi connectivity index (χ1) is 14.5. The summed E-state index contributed by atoms with van der Waals surface area (Å²) in [6.45, 7) is 3.31. The number of carbonyl (C=O) groups excluding carboxylic acids is 1. The molecule has 2 N–H and O–H groups in total. The predicted molar refractivity (Wildman–Crippen MR) is 112 cm³/mol. The molecule has 3 rings (SSSR count). The minimum Gasteiger partial charge on any atom is -0.460 e. The summed E-state index contributed by atoms with van der Waals surface area (Å²) in [5.41, 5.74) is 1.08. The number of carbonyl (C=O) groups is 1. The van der Waals surface area contributed by atoms with Crippen molar-refractivity contribution in [3.05, 3.63) is 82.9 Å². The second-order valence-electron chi connectivity index (χ2n) is 6.26. The molecule has 6 nitrogen and oxygen atoms in total. The Kier molecular flexibility index (Phi) is 6.59. The lowest BCUT2D eigenvalue weighted by Gasteiger charge is -2.13. The Morgan fingerprint density at radius 1 is 1.23 bits per heavy atom. The van der Waals surface area contributed by atoms with Crippen LogP contribution in [0.2, 0.25) is 0 Å². The lowest BCUT2D eigenvalue weighted by Crippen LogP contribution is -2.08. The van der Waals surface area contributed by atoms with E-state index < -0.39 is 11.6 Å². The molecule has 0 bridgehead atoms. The summed E-state index contributed by atoms with van der Waals surface area (Å²) in [6.07, 6.45) is 3.86. The number of hydrogen-bond donors (Lipinski definition) is 2. The maximum absolute atomic E-state index is 13.8. The maximum atomic E-state index is 13.8. The highest BCUT2D eigenvalue weighted by molar-refractivity contribution is 6.05. The molecule has 0 aromatic heterocycles. The van der Waals surface area contributed by atoms with Crippen LogP contribution in [0.5, 0.6) is 5.75 Å². The summed E-state index contributed by atoms with van der Waals surface area (Å²) in [5, 5.41) is 9.84. The normalized spacial score (nSPS) is 14.2. The van der Waals surface area contributed by atoms with Crippen LogP contribution >= 0.6 is 0 Å². The highest BCUT2D eigenvalue weighted by atomic mass is 19.1. The third-order valence-corrected chi connectivity index (χ3v) is 4.30. The monoisotopic (exact) mass is 408 g/mol. The number of allylic oxidation sites excluding steroid dienone is 2. The number of rotatable bonds is 7. The molecule has 0 atom stereocenters. The first-order valence-electron chi connectivity index (χ1n) is 8.94. The zero-order chi connectivity index (χ0) is 21.5. The smallest absolute Gasteiger partial charge is 0.171 e. The van der Waals surface area contributed by atoms with E-state index in [0.29, 0.717) is 22.7 Å². The van der Waals surface area contributed by atoms with E-state index in [-0.39, 0.29) is 29.9 Å². The van der Waals surface area contributed by atoms with E-state index >= 15 is 0 Å². The number of nitrogens with zero attached hydrogens (tertiary/aromatic N) is 2. The molecule has 8 heteroatoms. The van der Waals surface area contributed by atoms with Crippen LogP contribution in [0, 0.1) is 17.0 Å². The molecule has 30 heavy (non-hydrogen) atoms. The van der Waals surface area contributed by atoms with Crippen LogP contribution in [0.15, 0.2) is 70.1 Å². The molecule has 0 radical (unpaired) electrons. The van der Waals surface area contributed by atoms with Crippen molar-refractivity contribution in [3.63, 3.8) is 0 Å². The van der Waals surface area contributed by atoms with Crippen molar-refractivity contribution in [2.45, 2.75) is 12.8 Å². The van der Waals surface area contributed by atoms with Crippen molar-refractivity contribution in [3.8, 4) is 5.75 Å². The average Bonchev–Trinajstić information content (AvgIpc) is 2.86. The maximum Gasteiger partial charge on any atom is 0.171 e. The summed E-state index contributed by atoms with van der Waals surface area (Å²) >= 11 is 0. The number of aliphatic imine (C=N–C) groups is 2. The molecule has 0 fully saturated rings. The molecule has 0 saturated heterocycles. The van der Waals surface area contributed by atoms with Gasteiger partial charge in [-0.15, -0.1) is 0 Å². The molecule has 0 unspecified atom stereocenters. The van der Waals surface area contributed by atoms with Gasteiger partial charge in [0.25, 0.3) is 0 Å². The van der Waals surface area contributed by atoms with Gasteiger partial charge in [-0.1, -0.05) is 12.1 Å². The van der Waals surface area contributed by atoms with Gasteiger partial charge in [-0.25, -0.2) is 13.8 Å². The van der Waals surface area contributed by atoms with Crippen molar-refractivity contribution in [1.82, 2.24) is 5.32 Å². The van der Waals surface area contributed by atoms with Gasteiger partial charge in [0.2, 0.25) is 0 Å². The van der Waals surface area contributed by atoms with E-state index in [9.17, 15) is 13.6 Å². The van der Waals surface area contributed by atoms with Gasteiger partial charge in [-0.05, 0) is 48.7 Å². The molecule has 0 aliphatic carbocycles. The summed E-state index contributed by atoms with van der Waals surface area (Å²) in [6, 6.07) is 9.54. The second kappa shape index (κ2) is 9.51. The number of ether oxygens (including phenoxy) is 1. The Hall–Kier alpha value is -3.94. The van der Waals surface area contributed by atoms with E-state index in [1.165, 1.54) is 36.7 Å². The Labute approximate surface area is 171 Å². The number of benzene rings is 2. The molecule has 1 aliphatic rings. The summed E-state index contributed by atoms with van der Waals surface area (Å²) in [4.78, 5) is 20.3. The predicted octanol–water partition coefficient (Wildman–Crippen LogP) is 4.50. The van der Waals surface area contributed by atoms with E-state index in [1.807, 2.05) is 0 Å². The molecule has 152 valence electrons. The van der Waals surface area contributed by atoms with Gasteiger partial charge in [-0.2, -0.15) is 0 Å². The largest absolute Gasteiger partial charge is 0.460 e. The number of halogens is 2. The quantitative estimate of drug-likeness (QED) is 0.522. The van der Waals surface area contributed by atoms with Crippen LogP contribution < -0.4 is 10.1 Å². The van der Waals surface area contributed by atoms with E-state index in [4.69, 9.17) is 10.1 Å².